The van der Waals surface area contributed by atoms with Crippen LogP contribution in [-0.4, -0.2) is 17.6 Å². The number of hydrogen-bond donors (Lipinski definition) is 2. The van der Waals surface area contributed by atoms with Crippen molar-refractivity contribution in [2.75, 3.05) is 16.8 Å². The van der Waals surface area contributed by atoms with E-state index in [2.05, 4.69) is 49.6 Å². The van der Waals surface area contributed by atoms with Gasteiger partial charge in [0.05, 0.1) is 6.04 Å². The number of carbonyl (C=O) groups is 1. The molecule has 0 aliphatic carbocycles. The molecule has 5 heteroatoms. The van der Waals surface area contributed by atoms with Gasteiger partial charge in [0.15, 0.2) is 5.11 Å². The predicted octanol–water partition coefficient (Wildman–Crippen LogP) is 4.48. The minimum absolute atomic E-state index is 0.109. The molecule has 1 heterocycles. The van der Waals surface area contributed by atoms with Gasteiger partial charge in [-0.1, -0.05) is 24.3 Å². The molecule has 0 saturated carbocycles. The Hall–Kier alpha value is -2.40. The van der Waals surface area contributed by atoms with Crippen LogP contribution in [0.1, 0.15) is 42.5 Å². The average Bonchev–Trinajstić information content (AvgIpc) is 3.03. The fourth-order valence-electron chi connectivity index (χ4n) is 3.15. The summed E-state index contributed by atoms with van der Waals surface area (Å²) in [5, 5.41) is 7.13. The molecule has 1 saturated heterocycles. The fourth-order valence-corrected chi connectivity index (χ4v) is 3.45. The van der Waals surface area contributed by atoms with Crippen LogP contribution in [0.2, 0.25) is 0 Å². The Morgan fingerprint density at radius 1 is 1.15 bits per heavy atom. The number of nitrogens with zero attached hydrogens (tertiary/aromatic N) is 1. The minimum Gasteiger partial charge on any atom is -0.356 e. The quantitative estimate of drug-likeness (QED) is 0.782. The second-order valence-corrected chi connectivity index (χ2v) is 7.27. The van der Waals surface area contributed by atoms with Gasteiger partial charge in [-0.05, 0) is 74.3 Å². The highest BCUT2D eigenvalue weighted by Crippen LogP contribution is 2.24. The first-order valence-electron chi connectivity index (χ1n) is 8.99. The molecule has 1 aliphatic heterocycles. The van der Waals surface area contributed by atoms with Crippen LogP contribution >= 0.6 is 12.2 Å². The van der Waals surface area contributed by atoms with E-state index in [9.17, 15) is 4.79 Å². The molecule has 2 aromatic carbocycles. The van der Waals surface area contributed by atoms with Crippen molar-refractivity contribution < 1.29 is 4.79 Å². The lowest BCUT2D eigenvalue weighted by Crippen LogP contribution is -2.31. The van der Waals surface area contributed by atoms with Crippen molar-refractivity contribution >= 4 is 34.6 Å². The molecule has 0 aromatic heterocycles. The number of anilines is 2. The third kappa shape index (κ3) is 4.22. The Morgan fingerprint density at radius 3 is 2.65 bits per heavy atom. The fraction of sp³-hybridized carbons (Fsp3) is 0.333. The lowest BCUT2D eigenvalue weighted by atomic mass is 10.0. The highest BCUT2D eigenvalue weighted by Gasteiger charge is 2.21. The van der Waals surface area contributed by atoms with Crippen LogP contribution in [-0.2, 0) is 4.79 Å². The number of amides is 1. The monoisotopic (exact) mass is 367 g/mol. The molecule has 3 rings (SSSR count). The molecule has 1 unspecified atom stereocenters. The van der Waals surface area contributed by atoms with Crippen LogP contribution in [0.25, 0.3) is 0 Å². The lowest BCUT2D eigenvalue weighted by molar-refractivity contribution is -0.117. The smallest absolute Gasteiger partial charge is 0.227 e. The van der Waals surface area contributed by atoms with Crippen LogP contribution in [0.5, 0.6) is 0 Å². The van der Waals surface area contributed by atoms with Gasteiger partial charge in [0.25, 0.3) is 0 Å². The van der Waals surface area contributed by atoms with E-state index in [1.807, 2.05) is 29.2 Å². The third-order valence-corrected chi connectivity index (χ3v) is 5.09. The maximum Gasteiger partial charge on any atom is 0.227 e. The molecule has 1 atom stereocenters. The second-order valence-electron chi connectivity index (χ2n) is 6.86. The number of nitrogens with one attached hydrogen (secondary N) is 2. The van der Waals surface area contributed by atoms with Crippen molar-refractivity contribution in [3.05, 3.63) is 59.2 Å². The Bertz CT molecular complexity index is 834. The second kappa shape index (κ2) is 7.87. The summed E-state index contributed by atoms with van der Waals surface area (Å²) in [7, 11) is 0. The summed E-state index contributed by atoms with van der Waals surface area (Å²) in [6, 6.07) is 14.4. The Morgan fingerprint density at radius 2 is 1.96 bits per heavy atom. The van der Waals surface area contributed by atoms with Gasteiger partial charge < -0.3 is 15.5 Å². The molecule has 4 nitrogen and oxygen atoms in total. The van der Waals surface area contributed by atoms with Crippen LogP contribution in [0.4, 0.5) is 11.4 Å². The number of aryl methyl sites for hydroxylation is 2. The van der Waals surface area contributed by atoms with Gasteiger partial charge in [-0.25, -0.2) is 0 Å². The summed E-state index contributed by atoms with van der Waals surface area (Å²) in [6.45, 7) is 7.11. The Kier molecular flexibility index (Phi) is 5.57. The van der Waals surface area contributed by atoms with E-state index in [1.165, 1.54) is 16.7 Å². The van der Waals surface area contributed by atoms with E-state index in [1.54, 1.807) is 0 Å². The van der Waals surface area contributed by atoms with E-state index in [4.69, 9.17) is 12.2 Å². The summed E-state index contributed by atoms with van der Waals surface area (Å²) in [6.07, 6.45) is 1.55. The summed E-state index contributed by atoms with van der Waals surface area (Å²) in [5.41, 5.74) is 5.57. The summed E-state index contributed by atoms with van der Waals surface area (Å²) in [4.78, 5) is 13.8. The molecule has 0 radical (unpaired) electrons. The zero-order valence-corrected chi connectivity index (χ0v) is 16.3. The van der Waals surface area contributed by atoms with Crippen LogP contribution < -0.4 is 15.5 Å². The van der Waals surface area contributed by atoms with E-state index >= 15 is 0 Å². The van der Waals surface area contributed by atoms with Gasteiger partial charge in [0.1, 0.15) is 0 Å². The van der Waals surface area contributed by atoms with E-state index in [-0.39, 0.29) is 11.9 Å². The highest BCUT2D eigenvalue weighted by molar-refractivity contribution is 7.80. The molecule has 0 bridgehead atoms. The van der Waals surface area contributed by atoms with Gasteiger partial charge in [0.2, 0.25) is 5.91 Å². The maximum absolute atomic E-state index is 11.9. The first kappa shape index (κ1) is 18.4. The first-order chi connectivity index (χ1) is 12.4. The average molecular weight is 368 g/mol. The molecule has 0 spiro atoms. The minimum atomic E-state index is 0.109. The van der Waals surface area contributed by atoms with Crippen molar-refractivity contribution in [1.82, 2.24) is 5.32 Å². The molecule has 26 heavy (non-hydrogen) atoms. The molecule has 1 fully saturated rings. The van der Waals surface area contributed by atoms with Gasteiger partial charge >= 0.3 is 0 Å². The first-order valence-corrected chi connectivity index (χ1v) is 9.40. The maximum atomic E-state index is 11.9. The molecule has 1 aliphatic rings. The SMILES string of the molecule is Cc1ccc(C(C)NC(=S)Nc2cccc(N3CCCC3=O)c2)cc1C. The van der Waals surface area contributed by atoms with Crippen molar-refractivity contribution in [1.29, 1.82) is 0 Å². The highest BCUT2D eigenvalue weighted by atomic mass is 32.1. The van der Waals surface area contributed by atoms with Crippen molar-refractivity contribution in [3.63, 3.8) is 0 Å². The standard InChI is InChI=1S/C21H25N3OS/c1-14-9-10-17(12-15(14)2)16(3)22-21(26)23-18-6-4-7-19(13-18)24-11-5-8-20(24)25/h4,6-7,9-10,12-13,16H,5,8,11H2,1-3H3,(H2,22,23,26). The number of hydrogen-bond acceptors (Lipinski definition) is 2. The number of carbonyl (C=O) groups excluding carboxylic acids is 1. The molecular formula is C21H25N3OS. The van der Waals surface area contributed by atoms with Crippen LogP contribution in [0.15, 0.2) is 42.5 Å². The summed E-state index contributed by atoms with van der Waals surface area (Å²) < 4.78 is 0. The number of rotatable bonds is 4. The van der Waals surface area contributed by atoms with E-state index < -0.39 is 0 Å². The zero-order valence-electron chi connectivity index (χ0n) is 15.5. The van der Waals surface area contributed by atoms with E-state index in [0.29, 0.717) is 11.5 Å². The Labute approximate surface area is 160 Å². The molecule has 136 valence electrons. The largest absolute Gasteiger partial charge is 0.356 e. The summed E-state index contributed by atoms with van der Waals surface area (Å²) >= 11 is 5.47. The van der Waals surface area contributed by atoms with Crippen molar-refractivity contribution in [2.24, 2.45) is 0 Å². The van der Waals surface area contributed by atoms with Crippen LogP contribution in [0, 0.1) is 13.8 Å². The molecule has 2 aromatic rings. The Balaban J connectivity index is 1.64. The van der Waals surface area contributed by atoms with Gasteiger partial charge in [-0.2, -0.15) is 0 Å². The lowest BCUT2D eigenvalue weighted by Gasteiger charge is -2.20. The predicted molar refractivity (Wildman–Crippen MR) is 112 cm³/mol. The van der Waals surface area contributed by atoms with E-state index in [0.717, 1.165) is 24.3 Å². The zero-order chi connectivity index (χ0) is 18.7. The van der Waals surface area contributed by atoms with Gasteiger partial charge in [-0.15, -0.1) is 0 Å². The van der Waals surface area contributed by atoms with Crippen molar-refractivity contribution in [2.45, 2.75) is 39.7 Å². The molecule has 1 amide bonds. The van der Waals surface area contributed by atoms with Crippen molar-refractivity contribution in [3.8, 4) is 0 Å². The normalized spacial score (nSPS) is 15.0. The molecular weight excluding hydrogens is 342 g/mol. The topological polar surface area (TPSA) is 44.4 Å². The number of thiocarbonyl (C=S) groups is 1. The van der Waals surface area contributed by atoms with Gasteiger partial charge in [0, 0.05) is 24.3 Å². The summed E-state index contributed by atoms with van der Waals surface area (Å²) in [5.74, 6) is 0.186. The molecule has 2 N–H and O–H groups in total. The van der Waals surface area contributed by atoms with Gasteiger partial charge in [-0.3, -0.25) is 4.79 Å². The van der Waals surface area contributed by atoms with Crippen LogP contribution in [0.3, 0.4) is 0 Å². The number of benzene rings is 2. The third-order valence-electron chi connectivity index (χ3n) is 4.87.